The molecule has 1 N–H and O–H groups in total. The lowest BCUT2D eigenvalue weighted by molar-refractivity contribution is -0.137. The Balaban J connectivity index is 1.50. The number of benzene rings is 2. The van der Waals surface area contributed by atoms with Crippen LogP contribution in [0.3, 0.4) is 0 Å². The third-order valence-electron chi connectivity index (χ3n) is 4.75. The molecule has 2 aromatic carbocycles. The molecule has 0 saturated carbocycles. The molecule has 0 unspecified atom stereocenters. The summed E-state index contributed by atoms with van der Waals surface area (Å²) in [5.74, 6) is 0.954. The van der Waals surface area contributed by atoms with E-state index in [0.717, 1.165) is 5.56 Å². The molecule has 0 aromatic heterocycles. The molecule has 0 bridgehead atoms. The van der Waals surface area contributed by atoms with Crippen molar-refractivity contribution in [2.75, 3.05) is 39.5 Å². The van der Waals surface area contributed by atoms with Crippen molar-refractivity contribution in [3.8, 4) is 11.5 Å². The Morgan fingerprint density at radius 3 is 2.16 bits per heavy atom. The van der Waals surface area contributed by atoms with Crippen molar-refractivity contribution in [1.82, 2.24) is 10.3 Å². The molecule has 1 saturated heterocycles. The van der Waals surface area contributed by atoms with Crippen LogP contribution in [0, 0.1) is 0 Å². The first-order chi connectivity index (χ1) is 15.1. The molecule has 1 heterocycles. The van der Waals surface area contributed by atoms with Gasteiger partial charge in [-0.25, -0.2) is 5.43 Å². The van der Waals surface area contributed by atoms with E-state index in [0.29, 0.717) is 55.7 Å². The fourth-order valence-corrected chi connectivity index (χ4v) is 2.97. The van der Waals surface area contributed by atoms with E-state index >= 15 is 0 Å². The Bertz CT molecular complexity index is 904. The molecule has 0 spiro atoms. The zero-order valence-corrected chi connectivity index (χ0v) is 17.8. The highest BCUT2D eigenvalue weighted by atomic mass is 16.5. The third kappa shape index (κ3) is 6.55. The molecule has 3 rings (SSSR count). The lowest BCUT2D eigenvalue weighted by Crippen LogP contribution is -2.42. The predicted molar refractivity (Wildman–Crippen MR) is 117 cm³/mol. The van der Waals surface area contributed by atoms with E-state index < -0.39 is 0 Å². The number of ether oxygens (including phenoxy) is 3. The lowest BCUT2D eigenvalue weighted by Gasteiger charge is -2.26. The van der Waals surface area contributed by atoms with E-state index in [4.69, 9.17) is 14.2 Å². The third-order valence-corrected chi connectivity index (χ3v) is 4.75. The summed E-state index contributed by atoms with van der Waals surface area (Å²) in [6.45, 7) is 6.59. The molecule has 0 atom stereocenters. The van der Waals surface area contributed by atoms with Gasteiger partial charge in [0.2, 0.25) is 0 Å². The number of hydrazone groups is 1. The lowest BCUT2D eigenvalue weighted by atomic mass is 10.1. The highest BCUT2D eigenvalue weighted by molar-refractivity contribution is 6.00. The van der Waals surface area contributed by atoms with E-state index in [-0.39, 0.29) is 18.4 Å². The zero-order chi connectivity index (χ0) is 22.1. The largest absolute Gasteiger partial charge is 0.494 e. The van der Waals surface area contributed by atoms with Crippen LogP contribution in [0.5, 0.6) is 11.5 Å². The fraction of sp³-hybridized carbons (Fsp3) is 0.348. The average Bonchev–Trinajstić information content (AvgIpc) is 2.82. The molecule has 8 nitrogen and oxygen atoms in total. The number of nitrogens with zero attached hydrogens (tertiary/aromatic N) is 2. The smallest absolute Gasteiger partial charge is 0.271 e. The normalized spacial score (nSPS) is 14.1. The van der Waals surface area contributed by atoms with Crippen molar-refractivity contribution in [1.29, 1.82) is 0 Å². The number of amides is 2. The van der Waals surface area contributed by atoms with Crippen molar-refractivity contribution in [2.24, 2.45) is 5.10 Å². The molecule has 0 radical (unpaired) electrons. The first-order valence-electron chi connectivity index (χ1n) is 10.2. The number of rotatable bonds is 8. The molecule has 1 fully saturated rings. The molecule has 164 valence electrons. The van der Waals surface area contributed by atoms with Crippen molar-refractivity contribution >= 4 is 17.5 Å². The molecule has 0 aliphatic carbocycles. The number of nitrogens with one attached hydrogen (secondary N) is 1. The predicted octanol–water partition coefficient (Wildman–Crippen LogP) is 2.48. The molecule has 2 amide bonds. The highest BCUT2D eigenvalue weighted by Crippen LogP contribution is 2.14. The SMILES string of the molecule is CCOc1ccc(C(=O)N/N=C(/C)c2ccc(OCC(=O)N3CCOCC3)cc2)cc1. The van der Waals surface area contributed by atoms with Crippen molar-refractivity contribution < 1.29 is 23.8 Å². The van der Waals surface area contributed by atoms with Gasteiger partial charge in [-0.05, 0) is 67.9 Å². The van der Waals surface area contributed by atoms with Gasteiger partial charge < -0.3 is 19.1 Å². The van der Waals surface area contributed by atoms with Crippen LogP contribution in [0.4, 0.5) is 0 Å². The Labute approximate surface area is 181 Å². The van der Waals surface area contributed by atoms with Gasteiger partial charge in [-0.1, -0.05) is 0 Å². The minimum Gasteiger partial charge on any atom is -0.494 e. The van der Waals surface area contributed by atoms with Crippen LogP contribution in [0.1, 0.15) is 29.8 Å². The van der Waals surface area contributed by atoms with E-state index in [1.807, 2.05) is 19.1 Å². The quantitative estimate of drug-likeness (QED) is 0.518. The second-order valence-corrected chi connectivity index (χ2v) is 6.90. The first-order valence-corrected chi connectivity index (χ1v) is 10.2. The van der Waals surface area contributed by atoms with Crippen LogP contribution in [-0.4, -0.2) is 61.9 Å². The Hall–Kier alpha value is -3.39. The first kappa shape index (κ1) is 22.3. The summed E-state index contributed by atoms with van der Waals surface area (Å²) in [7, 11) is 0. The maximum Gasteiger partial charge on any atom is 0.271 e. The Morgan fingerprint density at radius 1 is 0.968 bits per heavy atom. The maximum absolute atomic E-state index is 12.3. The van der Waals surface area contributed by atoms with Crippen molar-refractivity contribution in [2.45, 2.75) is 13.8 Å². The Morgan fingerprint density at radius 2 is 1.55 bits per heavy atom. The summed E-state index contributed by atoms with van der Waals surface area (Å²) in [5.41, 5.74) is 4.53. The van der Waals surface area contributed by atoms with Crippen LogP contribution in [0.2, 0.25) is 0 Å². The van der Waals surface area contributed by atoms with Gasteiger partial charge in [0.25, 0.3) is 11.8 Å². The summed E-state index contributed by atoms with van der Waals surface area (Å²) in [6, 6.07) is 14.1. The summed E-state index contributed by atoms with van der Waals surface area (Å²) >= 11 is 0. The summed E-state index contributed by atoms with van der Waals surface area (Å²) in [6.07, 6.45) is 0. The number of hydrogen-bond donors (Lipinski definition) is 1. The van der Waals surface area contributed by atoms with E-state index in [1.54, 1.807) is 48.2 Å². The van der Waals surface area contributed by atoms with Gasteiger partial charge in [0.05, 0.1) is 25.5 Å². The van der Waals surface area contributed by atoms with Gasteiger partial charge in [0.1, 0.15) is 11.5 Å². The zero-order valence-electron chi connectivity index (χ0n) is 17.8. The second kappa shape index (κ2) is 11.1. The molecular formula is C23H27N3O5. The molecular weight excluding hydrogens is 398 g/mol. The number of morpholine rings is 1. The van der Waals surface area contributed by atoms with Gasteiger partial charge in [0.15, 0.2) is 6.61 Å². The monoisotopic (exact) mass is 425 g/mol. The molecule has 31 heavy (non-hydrogen) atoms. The van der Waals surface area contributed by atoms with E-state index in [2.05, 4.69) is 10.5 Å². The van der Waals surface area contributed by atoms with Crippen LogP contribution in [-0.2, 0) is 9.53 Å². The molecule has 1 aliphatic heterocycles. The van der Waals surface area contributed by atoms with Gasteiger partial charge in [0, 0.05) is 18.7 Å². The Kier molecular flexibility index (Phi) is 8.00. The maximum atomic E-state index is 12.3. The number of carbonyl (C=O) groups is 2. The van der Waals surface area contributed by atoms with Crippen LogP contribution < -0.4 is 14.9 Å². The van der Waals surface area contributed by atoms with Gasteiger partial charge in [-0.3, -0.25) is 9.59 Å². The molecule has 2 aromatic rings. The van der Waals surface area contributed by atoms with E-state index in [1.165, 1.54) is 0 Å². The minimum absolute atomic E-state index is 0.00936. The van der Waals surface area contributed by atoms with Crippen LogP contribution >= 0.6 is 0 Å². The van der Waals surface area contributed by atoms with Gasteiger partial charge in [-0.2, -0.15) is 5.10 Å². The average molecular weight is 425 g/mol. The van der Waals surface area contributed by atoms with Gasteiger partial charge >= 0.3 is 0 Å². The summed E-state index contributed by atoms with van der Waals surface area (Å²) in [4.78, 5) is 26.1. The standard InChI is InChI=1S/C23H27N3O5/c1-3-30-20-10-6-19(7-11-20)23(28)25-24-17(2)18-4-8-21(9-5-18)31-16-22(27)26-12-14-29-15-13-26/h4-11H,3,12-16H2,1-2H3,(H,25,28)/b24-17-. The fourth-order valence-electron chi connectivity index (χ4n) is 2.97. The molecule has 8 heteroatoms. The van der Waals surface area contributed by atoms with Gasteiger partial charge in [-0.15, -0.1) is 0 Å². The second-order valence-electron chi connectivity index (χ2n) is 6.90. The topological polar surface area (TPSA) is 89.5 Å². The number of carbonyl (C=O) groups excluding carboxylic acids is 2. The number of hydrogen-bond acceptors (Lipinski definition) is 6. The highest BCUT2D eigenvalue weighted by Gasteiger charge is 2.17. The molecule has 1 aliphatic rings. The summed E-state index contributed by atoms with van der Waals surface area (Å²) in [5, 5.41) is 4.17. The minimum atomic E-state index is -0.302. The van der Waals surface area contributed by atoms with E-state index in [9.17, 15) is 9.59 Å². The van der Waals surface area contributed by atoms with Crippen LogP contribution in [0.15, 0.2) is 53.6 Å². The van der Waals surface area contributed by atoms with Crippen molar-refractivity contribution in [3.63, 3.8) is 0 Å². The van der Waals surface area contributed by atoms with Crippen molar-refractivity contribution in [3.05, 3.63) is 59.7 Å². The summed E-state index contributed by atoms with van der Waals surface area (Å²) < 4.78 is 16.2. The van der Waals surface area contributed by atoms with Crippen LogP contribution in [0.25, 0.3) is 0 Å².